The summed E-state index contributed by atoms with van der Waals surface area (Å²) in [5.41, 5.74) is 0.438. The van der Waals surface area contributed by atoms with Crippen molar-refractivity contribution in [3.8, 4) is 0 Å². The molecule has 0 saturated carbocycles. The van der Waals surface area contributed by atoms with E-state index >= 15 is 0 Å². The molecular weight excluding hydrogens is 315 g/mol. The van der Waals surface area contributed by atoms with E-state index in [1.807, 2.05) is 17.5 Å². The van der Waals surface area contributed by atoms with Crippen LogP contribution in [-0.4, -0.2) is 11.8 Å². The standard InChI is InChI=1S/C17H19FN2O2S/c1-11(13-6-3-4-7-14(13)18)19-17(22)10-15(20-12(2)21)16-8-5-9-23-16/h3-9,11,15H,10H2,1-2H3,(H,19,22)(H,20,21)/t11-,15-/m0/s1. The first-order chi connectivity index (χ1) is 11.0. The van der Waals surface area contributed by atoms with E-state index in [1.165, 1.54) is 24.3 Å². The van der Waals surface area contributed by atoms with Crippen LogP contribution >= 0.6 is 11.3 Å². The van der Waals surface area contributed by atoms with Crippen LogP contribution in [0.5, 0.6) is 0 Å². The Bertz CT molecular complexity index is 673. The van der Waals surface area contributed by atoms with Gasteiger partial charge in [0.1, 0.15) is 5.82 Å². The Morgan fingerprint density at radius 2 is 1.91 bits per heavy atom. The third-order valence-corrected chi connectivity index (χ3v) is 4.39. The summed E-state index contributed by atoms with van der Waals surface area (Å²) >= 11 is 1.48. The largest absolute Gasteiger partial charge is 0.349 e. The minimum atomic E-state index is -0.440. The van der Waals surface area contributed by atoms with Gasteiger partial charge >= 0.3 is 0 Å². The quantitative estimate of drug-likeness (QED) is 0.851. The van der Waals surface area contributed by atoms with Gasteiger partial charge < -0.3 is 10.6 Å². The molecule has 2 amide bonds. The molecule has 0 aliphatic rings. The number of hydrogen-bond acceptors (Lipinski definition) is 3. The van der Waals surface area contributed by atoms with Crippen LogP contribution in [0.3, 0.4) is 0 Å². The van der Waals surface area contributed by atoms with Gasteiger partial charge in [-0.3, -0.25) is 9.59 Å². The fourth-order valence-corrected chi connectivity index (χ4v) is 3.13. The van der Waals surface area contributed by atoms with Crippen LogP contribution in [0.2, 0.25) is 0 Å². The highest BCUT2D eigenvalue weighted by atomic mass is 32.1. The summed E-state index contributed by atoms with van der Waals surface area (Å²) in [7, 11) is 0. The fraction of sp³-hybridized carbons (Fsp3) is 0.294. The number of amides is 2. The predicted molar refractivity (Wildman–Crippen MR) is 88.5 cm³/mol. The minimum absolute atomic E-state index is 0.110. The van der Waals surface area contributed by atoms with Gasteiger partial charge in [-0.25, -0.2) is 4.39 Å². The Morgan fingerprint density at radius 3 is 2.52 bits per heavy atom. The summed E-state index contributed by atoms with van der Waals surface area (Å²) in [6.45, 7) is 3.15. The Morgan fingerprint density at radius 1 is 1.17 bits per heavy atom. The Balaban J connectivity index is 2.02. The molecular formula is C17H19FN2O2S. The summed E-state index contributed by atoms with van der Waals surface area (Å²) in [5, 5.41) is 7.44. The molecule has 0 aliphatic carbocycles. The van der Waals surface area contributed by atoms with Crippen molar-refractivity contribution >= 4 is 23.2 Å². The second-order valence-electron chi connectivity index (χ2n) is 5.28. The Labute approximate surface area is 138 Å². The van der Waals surface area contributed by atoms with Crippen molar-refractivity contribution in [1.82, 2.24) is 10.6 Å². The van der Waals surface area contributed by atoms with Gasteiger partial charge in [0.05, 0.1) is 18.5 Å². The van der Waals surface area contributed by atoms with E-state index in [1.54, 1.807) is 25.1 Å². The highest BCUT2D eigenvalue weighted by Crippen LogP contribution is 2.23. The zero-order valence-electron chi connectivity index (χ0n) is 13.0. The van der Waals surface area contributed by atoms with Crippen LogP contribution in [0.1, 0.15) is 42.8 Å². The molecule has 2 N–H and O–H groups in total. The normalized spacial score (nSPS) is 13.2. The van der Waals surface area contributed by atoms with Crippen LogP contribution in [0.25, 0.3) is 0 Å². The number of benzene rings is 1. The van der Waals surface area contributed by atoms with Gasteiger partial charge in [-0.05, 0) is 24.4 Å². The number of carbonyl (C=O) groups is 2. The lowest BCUT2D eigenvalue weighted by Gasteiger charge is -2.19. The van der Waals surface area contributed by atoms with E-state index < -0.39 is 6.04 Å². The highest BCUT2D eigenvalue weighted by molar-refractivity contribution is 7.10. The number of rotatable bonds is 6. The average molecular weight is 334 g/mol. The van der Waals surface area contributed by atoms with Crippen LogP contribution in [0.15, 0.2) is 41.8 Å². The molecule has 0 fully saturated rings. The van der Waals surface area contributed by atoms with Gasteiger partial charge in [0.2, 0.25) is 11.8 Å². The lowest BCUT2D eigenvalue weighted by atomic mass is 10.1. The molecule has 0 spiro atoms. The van der Waals surface area contributed by atoms with Gasteiger partial charge in [0.15, 0.2) is 0 Å². The summed E-state index contributed by atoms with van der Waals surface area (Å²) < 4.78 is 13.7. The first-order valence-electron chi connectivity index (χ1n) is 7.31. The van der Waals surface area contributed by atoms with E-state index in [2.05, 4.69) is 10.6 Å². The summed E-state index contributed by atoms with van der Waals surface area (Å²) in [4.78, 5) is 24.5. The number of nitrogens with one attached hydrogen (secondary N) is 2. The first-order valence-corrected chi connectivity index (χ1v) is 8.19. The van der Waals surface area contributed by atoms with Gasteiger partial charge in [-0.1, -0.05) is 24.3 Å². The van der Waals surface area contributed by atoms with Crippen molar-refractivity contribution in [3.63, 3.8) is 0 Å². The lowest BCUT2D eigenvalue weighted by Crippen LogP contribution is -2.33. The third kappa shape index (κ3) is 4.89. The number of thiophene rings is 1. The predicted octanol–water partition coefficient (Wildman–Crippen LogP) is 3.33. The summed E-state index contributed by atoms with van der Waals surface area (Å²) in [5.74, 6) is -0.789. The van der Waals surface area contributed by atoms with Gasteiger partial charge in [-0.2, -0.15) is 0 Å². The molecule has 0 unspecified atom stereocenters. The topological polar surface area (TPSA) is 58.2 Å². The van der Waals surface area contributed by atoms with Crippen LogP contribution < -0.4 is 10.6 Å². The summed E-state index contributed by atoms with van der Waals surface area (Å²) in [6, 6.07) is 9.27. The molecule has 1 aromatic carbocycles. The van der Waals surface area contributed by atoms with E-state index in [-0.39, 0.29) is 30.1 Å². The zero-order chi connectivity index (χ0) is 16.8. The second-order valence-corrected chi connectivity index (χ2v) is 6.26. The zero-order valence-corrected chi connectivity index (χ0v) is 13.8. The SMILES string of the molecule is CC(=O)N[C@@H](CC(=O)N[C@@H](C)c1ccccc1F)c1cccs1. The van der Waals surface area contributed by atoms with E-state index in [9.17, 15) is 14.0 Å². The molecule has 6 heteroatoms. The van der Waals surface area contributed by atoms with Crippen molar-refractivity contribution in [2.24, 2.45) is 0 Å². The van der Waals surface area contributed by atoms with Crippen LogP contribution in [-0.2, 0) is 9.59 Å². The lowest BCUT2D eigenvalue weighted by molar-refractivity contribution is -0.123. The van der Waals surface area contributed by atoms with E-state index in [4.69, 9.17) is 0 Å². The molecule has 0 aliphatic heterocycles. The molecule has 2 rings (SSSR count). The molecule has 2 aromatic rings. The molecule has 0 saturated heterocycles. The highest BCUT2D eigenvalue weighted by Gasteiger charge is 2.20. The second kappa shape index (κ2) is 7.87. The number of hydrogen-bond donors (Lipinski definition) is 2. The number of carbonyl (C=O) groups excluding carboxylic acids is 2. The molecule has 1 heterocycles. The van der Waals surface area contributed by atoms with E-state index in [0.29, 0.717) is 5.56 Å². The Kier molecular flexibility index (Phi) is 5.87. The van der Waals surface area contributed by atoms with Gasteiger partial charge in [-0.15, -0.1) is 11.3 Å². The van der Waals surface area contributed by atoms with E-state index in [0.717, 1.165) is 4.88 Å². The van der Waals surface area contributed by atoms with Crippen molar-refractivity contribution in [3.05, 3.63) is 58.0 Å². The maximum absolute atomic E-state index is 13.7. The minimum Gasteiger partial charge on any atom is -0.349 e. The molecule has 122 valence electrons. The van der Waals surface area contributed by atoms with Crippen LogP contribution in [0, 0.1) is 5.82 Å². The maximum atomic E-state index is 13.7. The number of halogens is 1. The monoisotopic (exact) mass is 334 g/mol. The van der Waals surface area contributed by atoms with Crippen molar-refractivity contribution in [2.45, 2.75) is 32.4 Å². The summed E-state index contributed by atoms with van der Waals surface area (Å²) in [6.07, 6.45) is 0.110. The molecule has 1 aromatic heterocycles. The smallest absolute Gasteiger partial charge is 0.222 e. The molecule has 0 radical (unpaired) electrons. The maximum Gasteiger partial charge on any atom is 0.222 e. The van der Waals surface area contributed by atoms with Crippen molar-refractivity contribution in [2.75, 3.05) is 0 Å². The van der Waals surface area contributed by atoms with Gasteiger partial charge in [0, 0.05) is 17.4 Å². The van der Waals surface area contributed by atoms with Crippen LogP contribution in [0.4, 0.5) is 4.39 Å². The van der Waals surface area contributed by atoms with Crippen molar-refractivity contribution in [1.29, 1.82) is 0 Å². The fourth-order valence-electron chi connectivity index (χ4n) is 2.35. The first kappa shape index (κ1) is 17.1. The Hall–Kier alpha value is -2.21. The molecule has 23 heavy (non-hydrogen) atoms. The van der Waals surface area contributed by atoms with Gasteiger partial charge in [0.25, 0.3) is 0 Å². The third-order valence-electron chi connectivity index (χ3n) is 3.40. The molecule has 0 bridgehead atoms. The molecule has 2 atom stereocenters. The van der Waals surface area contributed by atoms with Crippen molar-refractivity contribution < 1.29 is 14.0 Å². The molecule has 4 nitrogen and oxygen atoms in total. The average Bonchev–Trinajstić information content (AvgIpc) is 3.00.